The van der Waals surface area contributed by atoms with Gasteiger partial charge in [-0.25, -0.2) is 17.6 Å². The Labute approximate surface area is 250 Å². The van der Waals surface area contributed by atoms with Crippen molar-refractivity contribution in [2.24, 2.45) is 5.41 Å². The van der Waals surface area contributed by atoms with Gasteiger partial charge in [0.2, 0.25) is 11.5 Å². The number of nitrogens with zero attached hydrogens (tertiary/aromatic N) is 1. The summed E-state index contributed by atoms with van der Waals surface area (Å²) in [6, 6.07) is 6.62. The molecular formula is C27H30ClF4N3O7S. The molecule has 0 aliphatic carbocycles. The first-order valence-electron chi connectivity index (χ1n) is 13.1. The minimum absolute atomic E-state index is 0.0362. The molecule has 2 aliphatic heterocycles. The van der Waals surface area contributed by atoms with Crippen molar-refractivity contribution in [3.05, 3.63) is 47.2 Å². The standard InChI is InChI=1S/C27H30ClF4N3O7S/c1-25(2,27(30,31)32)42-24(37)34-16-4-7-22-21(12-16)35(43(38,39)18-5-6-20(29)19(28)13-18)15-17(41-22)14-33-23(36)26(3)8-10-40-11-9-26/h4-7,12-13,17H,8-11,14-15H2,1-3H3,(H,33,36)(H,34,37)/t17-/m0/s1. The van der Waals surface area contributed by atoms with Crippen LogP contribution in [0.2, 0.25) is 5.02 Å². The molecule has 0 radical (unpaired) electrons. The van der Waals surface area contributed by atoms with Crippen molar-refractivity contribution < 1.29 is 49.8 Å². The predicted molar refractivity (Wildman–Crippen MR) is 148 cm³/mol. The number of rotatable bonds is 7. The topological polar surface area (TPSA) is 123 Å². The lowest BCUT2D eigenvalue weighted by atomic mass is 9.81. The molecule has 236 valence electrons. The van der Waals surface area contributed by atoms with Crippen molar-refractivity contribution in [3.63, 3.8) is 0 Å². The van der Waals surface area contributed by atoms with Crippen molar-refractivity contribution in [1.29, 1.82) is 0 Å². The first kappa shape index (κ1) is 32.6. The van der Waals surface area contributed by atoms with Crippen LogP contribution in [0.1, 0.15) is 33.6 Å². The minimum Gasteiger partial charge on any atom is -0.484 e. The summed E-state index contributed by atoms with van der Waals surface area (Å²) in [6.07, 6.45) is -6.13. The van der Waals surface area contributed by atoms with Crippen molar-refractivity contribution >= 4 is 45.0 Å². The van der Waals surface area contributed by atoms with Crippen molar-refractivity contribution in [1.82, 2.24) is 5.32 Å². The van der Waals surface area contributed by atoms with Gasteiger partial charge in [-0.05, 0) is 63.1 Å². The minimum atomic E-state index is -4.85. The maximum absolute atomic E-state index is 13.8. The van der Waals surface area contributed by atoms with Crippen molar-refractivity contribution in [3.8, 4) is 5.75 Å². The van der Waals surface area contributed by atoms with Gasteiger partial charge in [0, 0.05) is 18.9 Å². The number of carbonyl (C=O) groups is 2. The van der Waals surface area contributed by atoms with Crippen LogP contribution in [0.15, 0.2) is 41.3 Å². The number of anilines is 2. The van der Waals surface area contributed by atoms with Crippen molar-refractivity contribution in [2.45, 2.75) is 56.4 Å². The van der Waals surface area contributed by atoms with E-state index in [0.717, 1.165) is 22.5 Å². The molecule has 0 spiro atoms. The summed E-state index contributed by atoms with van der Waals surface area (Å²) in [5.41, 5.74) is -3.64. The van der Waals surface area contributed by atoms with Gasteiger partial charge in [-0.1, -0.05) is 18.5 Å². The number of halogens is 5. The first-order chi connectivity index (χ1) is 19.9. The summed E-state index contributed by atoms with van der Waals surface area (Å²) in [7, 11) is -4.43. The Balaban J connectivity index is 1.62. The summed E-state index contributed by atoms with van der Waals surface area (Å²) in [5, 5.41) is 4.54. The molecular weight excluding hydrogens is 622 g/mol. The number of benzene rings is 2. The molecule has 0 aromatic heterocycles. The van der Waals surface area contributed by atoms with Crippen LogP contribution in [0.5, 0.6) is 5.75 Å². The van der Waals surface area contributed by atoms with Crippen LogP contribution in [0.3, 0.4) is 0 Å². The molecule has 1 fully saturated rings. The lowest BCUT2D eigenvalue weighted by Crippen LogP contribution is -2.51. The van der Waals surface area contributed by atoms with Crippen LogP contribution in [-0.2, 0) is 24.3 Å². The van der Waals surface area contributed by atoms with E-state index in [0.29, 0.717) is 39.9 Å². The van der Waals surface area contributed by atoms with Gasteiger partial charge in [-0.2, -0.15) is 13.2 Å². The van der Waals surface area contributed by atoms with Crippen LogP contribution in [0, 0.1) is 11.2 Å². The Bertz CT molecular complexity index is 1500. The molecule has 1 saturated heterocycles. The molecule has 2 amide bonds. The second-order valence-electron chi connectivity index (χ2n) is 10.9. The molecule has 16 heteroatoms. The van der Waals surface area contributed by atoms with Crippen LogP contribution < -0.4 is 19.7 Å². The monoisotopic (exact) mass is 651 g/mol. The van der Waals surface area contributed by atoms with Gasteiger partial charge >= 0.3 is 12.3 Å². The van der Waals surface area contributed by atoms with Gasteiger partial charge in [0.15, 0.2) is 0 Å². The van der Waals surface area contributed by atoms with E-state index < -0.39 is 50.3 Å². The smallest absolute Gasteiger partial charge is 0.427 e. The van der Waals surface area contributed by atoms with Crippen molar-refractivity contribution in [2.75, 3.05) is 35.9 Å². The summed E-state index contributed by atoms with van der Waals surface area (Å²) in [5.74, 6) is -1.05. The van der Waals surface area contributed by atoms with E-state index in [1.807, 2.05) is 6.92 Å². The van der Waals surface area contributed by atoms with Crippen LogP contribution in [0.25, 0.3) is 0 Å². The van der Waals surface area contributed by atoms with E-state index in [1.54, 1.807) is 0 Å². The number of nitrogens with one attached hydrogen (secondary N) is 2. The maximum Gasteiger partial charge on any atom is 0.427 e. The molecule has 2 aromatic rings. The highest BCUT2D eigenvalue weighted by molar-refractivity contribution is 7.92. The number of sulfonamides is 1. The molecule has 2 N–H and O–H groups in total. The average Bonchev–Trinajstić information content (AvgIpc) is 2.92. The van der Waals surface area contributed by atoms with E-state index in [2.05, 4.69) is 15.4 Å². The molecule has 0 bridgehead atoms. The van der Waals surface area contributed by atoms with Gasteiger partial charge in [-0.15, -0.1) is 0 Å². The van der Waals surface area contributed by atoms with Gasteiger partial charge in [0.25, 0.3) is 10.0 Å². The van der Waals surface area contributed by atoms with Gasteiger partial charge in [0.1, 0.15) is 17.7 Å². The third kappa shape index (κ3) is 7.10. The molecule has 1 atom stereocenters. The zero-order chi connectivity index (χ0) is 31.8. The molecule has 43 heavy (non-hydrogen) atoms. The largest absolute Gasteiger partial charge is 0.484 e. The molecule has 10 nitrogen and oxygen atoms in total. The predicted octanol–water partition coefficient (Wildman–Crippen LogP) is 5.26. The number of fused-ring (bicyclic) bond motifs is 1. The van der Waals surface area contributed by atoms with E-state index in [4.69, 9.17) is 21.1 Å². The lowest BCUT2D eigenvalue weighted by molar-refractivity contribution is -0.242. The van der Waals surface area contributed by atoms with E-state index in [1.165, 1.54) is 18.2 Å². The van der Waals surface area contributed by atoms with Crippen LogP contribution in [0.4, 0.5) is 33.7 Å². The van der Waals surface area contributed by atoms with E-state index >= 15 is 0 Å². The molecule has 0 unspecified atom stereocenters. The normalized spacial score (nSPS) is 18.7. The van der Waals surface area contributed by atoms with Crippen LogP contribution in [-0.4, -0.2) is 64.6 Å². The third-order valence-electron chi connectivity index (χ3n) is 7.28. The SMILES string of the molecule is CC1(C(=O)NC[C@H]2CN(S(=O)(=O)c3ccc(F)c(Cl)c3)c3cc(NC(=O)OC(C)(C)C(F)(F)F)ccc3O2)CCOCC1. The number of carbonyl (C=O) groups excluding carboxylic acids is 2. The Morgan fingerprint density at radius 3 is 2.44 bits per heavy atom. The second-order valence-corrected chi connectivity index (χ2v) is 13.2. The number of alkyl halides is 3. The number of amides is 2. The zero-order valence-electron chi connectivity index (χ0n) is 23.4. The average molecular weight is 652 g/mol. The Morgan fingerprint density at radius 1 is 1.14 bits per heavy atom. The summed E-state index contributed by atoms with van der Waals surface area (Å²) >= 11 is 5.85. The molecule has 2 aromatic carbocycles. The highest BCUT2D eigenvalue weighted by atomic mass is 35.5. The maximum atomic E-state index is 13.8. The summed E-state index contributed by atoms with van der Waals surface area (Å²) in [6.45, 7) is 3.64. The molecule has 2 heterocycles. The van der Waals surface area contributed by atoms with Gasteiger partial charge < -0.3 is 19.5 Å². The van der Waals surface area contributed by atoms with E-state index in [9.17, 15) is 35.6 Å². The fourth-order valence-corrected chi connectivity index (χ4v) is 6.16. The highest BCUT2D eigenvalue weighted by Crippen LogP contribution is 2.40. The zero-order valence-corrected chi connectivity index (χ0v) is 25.0. The van der Waals surface area contributed by atoms with Crippen LogP contribution >= 0.6 is 11.6 Å². The first-order valence-corrected chi connectivity index (χ1v) is 15.0. The fraction of sp³-hybridized carbons (Fsp3) is 0.481. The second kappa shape index (κ2) is 12.0. The third-order valence-corrected chi connectivity index (χ3v) is 9.35. The number of hydrogen-bond donors (Lipinski definition) is 2. The molecule has 2 aliphatic rings. The lowest BCUT2D eigenvalue weighted by Gasteiger charge is -2.37. The van der Waals surface area contributed by atoms with Gasteiger partial charge in [0.05, 0.1) is 34.1 Å². The van der Waals surface area contributed by atoms with E-state index in [-0.39, 0.29) is 41.0 Å². The Morgan fingerprint density at radius 2 is 1.81 bits per heavy atom. The number of hydrogen-bond acceptors (Lipinski definition) is 7. The highest BCUT2D eigenvalue weighted by Gasteiger charge is 2.51. The molecule has 0 saturated carbocycles. The molecule has 4 rings (SSSR count). The Kier molecular flexibility index (Phi) is 9.10. The van der Waals surface area contributed by atoms with Gasteiger partial charge in [-0.3, -0.25) is 14.4 Å². The quantitative estimate of drug-likeness (QED) is 0.392. The Hall–Kier alpha value is -3.30. The fourth-order valence-electron chi connectivity index (χ4n) is 4.39. The summed E-state index contributed by atoms with van der Waals surface area (Å²) < 4.78 is 97.7. The number of ether oxygens (including phenoxy) is 3. The summed E-state index contributed by atoms with van der Waals surface area (Å²) in [4.78, 5) is 24.9.